The highest BCUT2D eigenvalue weighted by Gasteiger charge is 2.21. The summed E-state index contributed by atoms with van der Waals surface area (Å²) >= 11 is 0. The van der Waals surface area contributed by atoms with Crippen LogP contribution in [0.2, 0.25) is 0 Å². The fourth-order valence-corrected chi connectivity index (χ4v) is 5.33. The summed E-state index contributed by atoms with van der Waals surface area (Å²) in [5.74, 6) is 2.23. The Kier molecular flexibility index (Phi) is 9.39. The Morgan fingerprint density at radius 3 is 2.40 bits per heavy atom. The number of anilines is 1. The lowest BCUT2D eigenvalue weighted by molar-refractivity contribution is -0.123. The number of carbonyl (C=O) groups is 1. The number of nitrogen functional groups attached to an aromatic ring is 1. The number of aromatic nitrogens is 3. The number of pyridine rings is 3. The molecule has 0 aliphatic carbocycles. The molecule has 1 aromatic carbocycles. The van der Waals surface area contributed by atoms with E-state index >= 15 is 0 Å². The number of piperazine rings is 1. The van der Waals surface area contributed by atoms with Gasteiger partial charge in [-0.2, -0.15) is 0 Å². The van der Waals surface area contributed by atoms with Gasteiger partial charge in [0.25, 0.3) is 0 Å². The predicted octanol–water partition coefficient (Wildman–Crippen LogP) is 2.29. The Balaban J connectivity index is 1.24. The highest BCUT2D eigenvalue weighted by molar-refractivity contribution is 6.10. The van der Waals surface area contributed by atoms with Crippen LogP contribution in [0.25, 0.3) is 32.9 Å². The number of hydrogen-bond acceptors (Lipinski definition) is 11. The van der Waals surface area contributed by atoms with Crippen LogP contribution >= 0.6 is 0 Å². The third-order valence-corrected chi connectivity index (χ3v) is 7.46. The van der Waals surface area contributed by atoms with Crippen LogP contribution in [0.5, 0.6) is 17.2 Å². The smallest absolute Gasteiger partial charge is 0.234 e. The number of nitrogens with zero attached hydrogens (tertiary/aromatic N) is 5. The van der Waals surface area contributed by atoms with E-state index in [1.807, 2.05) is 38.1 Å². The van der Waals surface area contributed by atoms with Gasteiger partial charge >= 0.3 is 0 Å². The number of fused-ring (bicyclic) bond motifs is 3. The van der Waals surface area contributed by atoms with Crippen LogP contribution in [0, 0.1) is 0 Å². The lowest BCUT2D eigenvalue weighted by Gasteiger charge is -2.35. The van der Waals surface area contributed by atoms with E-state index in [4.69, 9.17) is 25.7 Å². The number of nitrogens with one attached hydrogen (secondary N) is 1. The summed E-state index contributed by atoms with van der Waals surface area (Å²) in [7, 11) is 3.20. The third kappa shape index (κ3) is 7.22. The molecule has 0 spiro atoms. The maximum atomic E-state index is 12.1. The molecule has 0 unspecified atom stereocenters. The fraction of sp³-hybridized carbons (Fsp3) is 0.419. The van der Waals surface area contributed by atoms with Crippen molar-refractivity contribution in [2.45, 2.75) is 25.9 Å². The molecule has 0 saturated carbocycles. The van der Waals surface area contributed by atoms with Gasteiger partial charge in [0.15, 0.2) is 11.5 Å². The first kappa shape index (κ1) is 30.2. The second-order valence-electron chi connectivity index (χ2n) is 11.1. The summed E-state index contributed by atoms with van der Waals surface area (Å²) in [6.07, 6.45) is 5.12. The van der Waals surface area contributed by atoms with E-state index in [-0.39, 0.29) is 18.0 Å². The molecule has 0 radical (unpaired) electrons. The van der Waals surface area contributed by atoms with Crippen molar-refractivity contribution in [3.05, 3.63) is 42.9 Å². The molecule has 43 heavy (non-hydrogen) atoms. The Morgan fingerprint density at radius 1 is 0.953 bits per heavy atom. The summed E-state index contributed by atoms with van der Waals surface area (Å²) < 4.78 is 17.0. The Morgan fingerprint density at radius 2 is 1.67 bits per heavy atom. The quantitative estimate of drug-likeness (QED) is 0.221. The summed E-state index contributed by atoms with van der Waals surface area (Å²) in [4.78, 5) is 30.1. The minimum atomic E-state index is -0.181. The van der Waals surface area contributed by atoms with E-state index in [0.717, 1.165) is 53.4 Å². The van der Waals surface area contributed by atoms with Crippen molar-refractivity contribution in [3.63, 3.8) is 0 Å². The van der Waals surface area contributed by atoms with E-state index in [9.17, 15) is 4.79 Å². The first-order valence-corrected chi connectivity index (χ1v) is 14.4. The average molecular weight is 589 g/mol. The number of rotatable bonds is 11. The van der Waals surface area contributed by atoms with Crippen molar-refractivity contribution in [2.75, 3.05) is 65.8 Å². The van der Waals surface area contributed by atoms with Crippen LogP contribution in [0.3, 0.4) is 0 Å². The molecule has 1 saturated heterocycles. The molecule has 1 aliphatic heterocycles. The summed E-state index contributed by atoms with van der Waals surface area (Å²) in [6, 6.07) is 7.57. The van der Waals surface area contributed by atoms with Gasteiger partial charge in [-0.15, -0.1) is 0 Å². The summed E-state index contributed by atoms with van der Waals surface area (Å²) in [5.41, 5.74) is 15.0. The maximum absolute atomic E-state index is 12.1. The zero-order chi connectivity index (χ0) is 30.5. The Labute approximate surface area is 251 Å². The predicted molar refractivity (Wildman–Crippen MR) is 167 cm³/mol. The van der Waals surface area contributed by atoms with Crippen LogP contribution in [-0.2, 0) is 4.79 Å². The van der Waals surface area contributed by atoms with Crippen LogP contribution in [-0.4, -0.2) is 103 Å². The second kappa shape index (κ2) is 13.4. The molecule has 1 aliphatic rings. The molecule has 1 atom stereocenters. The molecule has 5 rings (SSSR count). The van der Waals surface area contributed by atoms with E-state index in [1.54, 1.807) is 32.8 Å². The molecular formula is C31H40N8O4. The van der Waals surface area contributed by atoms with Gasteiger partial charge in [0.2, 0.25) is 5.91 Å². The van der Waals surface area contributed by atoms with Gasteiger partial charge in [0, 0.05) is 73.6 Å². The van der Waals surface area contributed by atoms with Gasteiger partial charge in [0.05, 0.1) is 44.2 Å². The van der Waals surface area contributed by atoms with Gasteiger partial charge < -0.3 is 31.0 Å². The lowest BCUT2D eigenvalue weighted by Crippen LogP contribution is -2.52. The number of amides is 1. The average Bonchev–Trinajstić information content (AvgIpc) is 2.99. The van der Waals surface area contributed by atoms with Gasteiger partial charge in [-0.3, -0.25) is 24.6 Å². The molecule has 5 N–H and O–H groups in total. The standard InChI is InChI=1S/C31H40N8O4/c1-19(2)36-30(40)17-39-7-5-38(6-8-39)16-21(32)18-43-22-9-20(13-34-14-22)26-10-23-24-11-28(41-3)29(42-4)12-27(24)35-15-25(23)31(33)37-26/h9-15,19,21H,5-8,16-18,32H2,1-4H3,(H2,33,37)(H,36,40)/t21-/m1/s1. The van der Waals surface area contributed by atoms with Crippen molar-refractivity contribution in [3.8, 4) is 28.5 Å². The van der Waals surface area contributed by atoms with E-state index in [2.05, 4.69) is 30.1 Å². The van der Waals surface area contributed by atoms with Gasteiger partial charge in [0.1, 0.15) is 18.2 Å². The monoisotopic (exact) mass is 588 g/mol. The van der Waals surface area contributed by atoms with E-state index in [1.165, 1.54) is 0 Å². The number of ether oxygens (including phenoxy) is 3. The summed E-state index contributed by atoms with van der Waals surface area (Å²) in [6.45, 7) is 8.80. The van der Waals surface area contributed by atoms with Crippen LogP contribution in [0.15, 0.2) is 42.9 Å². The molecule has 3 aromatic heterocycles. The Bertz CT molecular complexity index is 1590. The number of benzene rings is 1. The Hall–Kier alpha value is -4.26. The highest BCUT2D eigenvalue weighted by Crippen LogP contribution is 2.37. The SMILES string of the molecule is COc1cc2ncc3c(N)nc(-c4cncc(OC[C@H](N)CN5CCN(CC(=O)NC(C)C)CC5)c4)cc3c2cc1OC. The van der Waals surface area contributed by atoms with Crippen LogP contribution in [0.4, 0.5) is 5.82 Å². The number of nitrogens with two attached hydrogens (primary N) is 2. The van der Waals surface area contributed by atoms with Crippen LogP contribution in [0.1, 0.15) is 13.8 Å². The maximum Gasteiger partial charge on any atom is 0.234 e. The van der Waals surface area contributed by atoms with E-state index in [0.29, 0.717) is 48.5 Å². The first-order chi connectivity index (χ1) is 20.7. The molecule has 12 heteroatoms. The molecular weight excluding hydrogens is 548 g/mol. The van der Waals surface area contributed by atoms with E-state index < -0.39 is 0 Å². The largest absolute Gasteiger partial charge is 0.493 e. The lowest BCUT2D eigenvalue weighted by atomic mass is 10.0. The second-order valence-corrected chi connectivity index (χ2v) is 11.1. The molecule has 12 nitrogen and oxygen atoms in total. The molecule has 1 amide bonds. The van der Waals surface area contributed by atoms with Crippen molar-refractivity contribution in [2.24, 2.45) is 5.73 Å². The van der Waals surface area contributed by atoms with Crippen molar-refractivity contribution >= 4 is 33.4 Å². The first-order valence-electron chi connectivity index (χ1n) is 14.4. The molecule has 4 aromatic rings. The zero-order valence-corrected chi connectivity index (χ0v) is 25.2. The minimum absolute atomic E-state index is 0.0669. The van der Waals surface area contributed by atoms with Crippen molar-refractivity contribution in [1.29, 1.82) is 0 Å². The van der Waals surface area contributed by atoms with Crippen molar-refractivity contribution in [1.82, 2.24) is 30.1 Å². The minimum Gasteiger partial charge on any atom is -0.493 e. The van der Waals surface area contributed by atoms with Gasteiger partial charge in [-0.25, -0.2) is 4.98 Å². The number of carbonyl (C=O) groups excluding carboxylic acids is 1. The zero-order valence-electron chi connectivity index (χ0n) is 25.2. The molecule has 1 fully saturated rings. The number of methoxy groups -OCH3 is 2. The fourth-order valence-electron chi connectivity index (χ4n) is 5.33. The van der Waals surface area contributed by atoms with Gasteiger partial charge in [-0.05, 0) is 37.4 Å². The van der Waals surface area contributed by atoms with Gasteiger partial charge in [-0.1, -0.05) is 0 Å². The van der Waals surface area contributed by atoms with Crippen LogP contribution < -0.4 is 31.0 Å². The number of hydrogen-bond donors (Lipinski definition) is 3. The molecule has 0 bridgehead atoms. The topological polar surface area (TPSA) is 154 Å². The molecule has 4 heterocycles. The van der Waals surface area contributed by atoms with Crippen molar-refractivity contribution < 1.29 is 19.0 Å². The summed E-state index contributed by atoms with van der Waals surface area (Å²) in [5, 5.41) is 5.46. The normalized spacial score (nSPS) is 15.1. The highest BCUT2D eigenvalue weighted by atomic mass is 16.5. The third-order valence-electron chi connectivity index (χ3n) is 7.46. The molecule has 228 valence electrons.